The quantitative estimate of drug-likeness (QED) is 0.165. The van der Waals surface area contributed by atoms with Gasteiger partial charge in [0.15, 0.2) is 7.14 Å². The summed E-state index contributed by atoms with van der Waals surface area (Å²) in [5, 5.41) is 7.00. The molecule has 0 unspecified atom stereocenters. The average Bonchev–Trinajstić information content (AvgIpc) is 3.04. The van der Waals surface area contributed by atoms with Gasteiger partial charge in [-0.2, -0.15) is 0 Å². The zero-order valence-electron chi connectivity index (χ0n) is 21.8. The minimum absolute atomic E-state index is 0.725. The van der Waals surface area contributed by atoms with Crippen LogP contribution < -0.4 is 15.9 Å². The van der Waals surface area contributed by atoms with Gasteiger partial charge in [-0.25, -0.2) is 0 Å². The Kier molecular flexibility index (Phi) is 6.11. The number of aromatic nitrogens is 1. The maximum atomic E-state index is 14.9. The van der Waals surface area contributed by atoms with Gasteiger partial charge in [-0.3, -0.25) is 4.98 Å². The molecule has 3 heteroatoms. The molecule has 0 saturated carbocycles. The van der Waals surface area contributed by atoms with Crippen molar-refractivity contribution in [1.29, 1.82) is 0 Å². The van der Waals surface area contributed by atoms with E-state index in [9.17, 15) is 4.57 Å². The molecule has 40 heavy (non-hydrogen) atoms. The van der Waals surface area contributed by atoms with Crippen molar-refractivity contribution in [3.63, 3.8) is 0 Å². The predicted molar refractivity (Wildman–Crippen MR) is 170 cm³/mol. The van der Waals surface area contributed by atoms with Gasteiger partial charge in [0.05, 0.1) is 5.69 Å². The van der Waals surface area contributed by atoms with Crippen LogP contribution in [0.3, 0.4) is 0 Å². The number of hydrogen-bond donors (Lipinski definition) is 0. The first-order valence-electron chi connectivity index (χ1n) is 13.4. The summed E-state index contributed by atoms with van der Waals surface area (Å²) in [6.45, 7) is 0. The Morgan fingerprint density at radius 3 is 1.27 bits per heavy atom. The topological polar surface area (TPSA) is 30.0 Å². The molecule has 0 spiro atoms. The van der Waals surface area contributed by atoms with Crippen molar-refractivity contribution in [2.45, 2.75) is 0 Å². The van der Waals surface area contributed by atoms with Gasteiger partial charge in [0, 0.05) is 27.7 Å². The Balaban J connectivity index is 1.46. The van der Waals surface area contributed by atoms with E-state index in [0.717, 1.165) is 37.9 Å². The van der Waals surface area contributed by atoms with Gasteiger partial charge in [-0.05, 0) is 44.8 Å². The van der Waals surface area contributed by atoms with E-state index in [1.165, 1.54) is 21.9 Å². The summed E-state index contributed by atoms with van der Waals surface area (Å²) in [6.07, 6.45) is 1.81. The van der Waals surface area contributed by atoms with Crippen LogP contribution in [0.5, 0.6) is 0 Å². The lowest BCUT2D eigenvalue weighted by molar-refractivity contribution is 0.592. The van der Waals surface area contributed by atoms with Gasteiger partial charge in [-0.15, -0.1) is 0 Å². The molecule has 7 rings (SSSR count). The molecule has 0 bridgehead atoms. The summed E-state index contributed by atoms with van der Waals surface area (Å²) in [6, 6.07) is 51.2. The van der Waals surface area contributed by atoms with E-state index in [2.05, 4.69) is 78.9 Å². The molecule has 2 nitrogen and oxygen atoms in total. The van der Waals surface area contributed by atoms with Crippen LogP contribution in [-0.2, 0) is 4.57 Å². The fraction of sp³-hybridized carbons (Fsp3) is 0. The highest BCUT2D eigenvalue weighted by atomic mass is 31.2. The summed E-state index contributed by atoms with van der Waals surface area (Å²) >= 11 is 0. The zero-order valence-corrected chi connectivity index (χ0v) is 22.7. The summed E-state index contributed by atoms with van der Waals surface area (Å²) in [4.78, 5) is 5.00. The lowest BCUT2D eigenvalue weighted by Gasteiger charge is -2.20. The fourth-order valence-corrected chi connectivity index (χ4v) is 8.35. The van der Waals surface area contributed by atoms with Crippen LogP contribution in [0.15, 0.2) is 158 Å². The molecule has 7 aromatic rings. The molecule has 1 heterocycles. The Hall–Kier alpha value is -4.78. The maximum absolute atomic E-state index is 14.9. The largest absolute Gasteiger partial charge is 0.309 e. The minimum Gasteiger partial charge on any atom is -0.309 e. The van der Waals surface area contributed by atoms with Crippen LogP contribution in [0.1, 0.15) is 0 Å². The monoisotopic (exact) mass is 531 g/mol. The van der Waals surface area contributed by atoms with Gasteiger partial charge >= 0.3 is 0 Å². The number of rotatable bonds is 5. The van der Waals surface area contributed by atoms with Crippen molar-refractivity contribution in [2.75, 3.05) is 0 Å². The molecule has 6 aromatic carbocycles. The highest BCUT2D eigenvalue weighted by molar-refractivity contribution is 7.85. The SMILES string of the molecule is O=P(c1ccccc1)(c1ccccc1)c1ccc(-c2c3ccccc3c(-c3ccccc3)c3ccccc23)nc1. The third-order valence-corrected chi connectivity index (χ3v) is 10.6. The molecule has 0 aliphatic rings. The normalized spacial score (nSPS) is 11.6. The van der Waals surface area contributed by atoms with Gasteiger partial charge in [0.25, 0.3) is 0 Å². The van der Waals surface area contributed by atoms with Gasteiger partial charge in [0.1, 0.15) is 0 Å². The van der Waals surface area contributed by atoms with Crippen LogP contribution in [0.25, 0.3) is 43.9 Å². The standard InChI is InChI=1S/C37H26NOP/c39-40(28-16-6-2-7-17-28,29-18-8-3-9-19-29)30-24-25-35(38-26-30)37-33-22-12-10-20-31(33)36(27-14-4-1-5-15-27)32-21-11-13-23-34(32)37/h1-26H. The number of fused-ring (bicyclic) bond motifs is 2. The summed E-state index contributed by atoms with van der Waals surface area (Å²) < 4.78 is 14.9. The summed E-state index contributed by atoms with van der Waals surface area (Å²) in [5.74, 6) is 0. The van der Waals surface area contributed by atoms with E-state index in [1.807, 2.05) is 79.0 Å². The number of hydrogen-bond acceptors (Lipinski definition) is 2. The molecular formula is C37H26NOP. The van der Waals surface area contributed by atoms with Crippen molar-refractivity contribution in [3.05, 3.63) is 158 Å². The van der Waals surface area contributed by atoms with Crippen LogP contribution in [0.2, 0.25) is 0 Å². The Labute approximate surface area is 234 Å². The molecule has 0 atom stereocenters. The van der Waals surface area contributed by atoms with Gasteiger partial charge < -0.3 is 4.57 Å². The molecular weight excluding hydrogens is 505 g/mol. The van der Waals surface area contributed by atoms with E-state index >= 15 is 0 Å². The van der Waals surface area contributed by atoms with Crippen LogP contribution in [-0.4, -0.2) is 4.98 Å². The number of benzene rings is 6. The lowest BCUT2D eigenvalue weighted by atomic mass is 9.87. The van der Waals surface area contributed by atoms with Gasteiger partial charge in [-0.1, -0.05) is 140 Å². The van der Waals surface area contributed by atoms with Gasteiger partial charge in [0.2, 0.25) is 0 Å². The molecule has 0 N–H and O–H groups in total. The zero-order chi connectivity index (χ0) is 26.9. The highest BCUT2D eigenvalue weighted by Crippen LogP contribution is 2.45. The number of nitrogens with zero attached hydrogens (tertiary/aromatic N) is 1. The first-order chi connectivity index (χ1) is 19.7. The minimum atomic E-state index is -3.09. The van der Waals surface area contributed by atoms with Crippen LogP contribution >= 0.6 is 7.14 Å². The predicted octanol–water partition coefficient (Wildman–Crippen LogP) is 8.36. The second-order valence-corrected chi connectivity index (χ2v) is 12.7. The highest BCUT2D eigenvalue weighted by Gasteiger charge is 2.30. The molecule has 0 aliphatic heterocycles. The molecule has 0 fully saturated rings. The molecule has 1 aromatic heterocycles. The van der Waals surface area contributed by atoms with Crippen molar-refractivity contribution < 1.29 is 4.57 Å². The van der Waals surface area contributed by atoms with E-state index in [1.54, 1.807) is 0 Å². The van der Waals surface area contributed by atoms with Crippen LogP contribution in [0.4, 0.5) is 0 Å². The van der Waals surface area contributed by atoms with E-state index in [0.29, 0.717) is 0 Å². The summed E-state index contributed by atoms with van der Waals surface area (Å²) in [7, 11) is -3.09. The van der Waals surface area contributed by atoms with Crippen molar-refractivity contribution in [3.8, 4) is 22.4 Å². The first kappa shape index (κ1) is 24.3. The van der Waals surface area contributed by atoms with Crippen molar-refractivity contribution in [1.82, 2.24) is 4.98 Å². The van der Waals surface area contributed by atoms with E-state index in [-0.39, 0.29) is 0 Å². The van der Waals surface area contributed by atoms with Crippen molar-refractivity contribution in [2.24, 2.45) is 0 Å². The maximum Gasteiger partial charge on any atom is 0.172 e. The smallest absolute Gasteiger partial charge is 0.172 e. The van der Waals surface area contributed by atoms with Crippen LogP contribution in [0, 0.1) is 0 Å². The van der Waals surface area contributed by atoms with E-state index in [4.69, 9.17) is 4.98 Å². The van der Waals surface area contributed by atoms with E-state index < -0.39 is 7.14 Å². The Morgan fingerprint density at radius 1 is 0.400 bits per heavy atom. The fourth-order valence-electron chi connectivity index (χ4n) is 5.76. The third kappa shape index (κ3) is 3.97. The average molecular weight is 532 g/mol. The first-order valence-corrected chi connectivity index (χ1v) is 15.1. The third-order valence-electron chi connectivity index (χ3n) is 7.60. The molecule has 190 valence electrons. The van der Waals surface area contributed by atoms with Crippen molar-refractivity contribution >= 4 is 44.6 Å². The Morgan fingerprint density at radius 2 is 0.825 bits per heavy atom. The number of pyridine rings is 1. The molecule has 0 amide bonds. The molecule has 0 radical (unpaired) electrons. The second kappa shape index (κ2) is 10.1. The molecule has 0 saturated heterocycles. The lowest BCUT2D eigenvalue weighted by Crippen LogP contribution is -2.25. The molecule has 0 aliphatic carbocycles. The Bertz CT molecular complexity index is 1900. The summed E-state index contributed by atoms with van der Waals surface area (Å²) in [5.41, 5.74) is 4.37. The second-order valence-electron chi connectivity index (χ2n) is 9.89.